The molecule has 1 aliphatic rings. The van der Waals surface area contributed by atoms with Crippen LogP contribution in [0.3, 0.4) is 0 Å². The summed E-state index contributed by atoms with van der Waals surface area (Å²) < 4.78 is 5.55. The number of methoxy groups -OCH3 is 1. The lowest BCUT2D eigenvalue weighted by atomic mass is 9.91. The number of nitrogens with one attached hydrogen (secondary N) is 1. The second-order valence-electron chi connectivity index (χ2n) is 4.50. The lowest BCUT2D eigenvalue weighted by molar-refractivity contribution is 0.0323. The summed E-state index contributed by atoms with van der Waals surface area (Å²) >= 11 is 0. The molecule has 84 valence electrons. The molecule has 0 aromatic heterocycles. The van der Waals surface area contributed by atoms with E-state index in [4.69, 9.17) is 10.6 Å². The number of ether oxygens (including phenoxy) is 1. The van der Waals surface area contributed by atoms with Crippen molar-refractivity contribution in [3.8, 4) is 0 Å². The van der Waals surface area contributed by atoms with Gasteiger partial charge in [0.15, 0.2) is 0 Å². The Morgan fingerprint density at radius 2 is 2.14 bits per heavy atom. The van der Waals surface area contributed by atoms with Gasteiger partial charge in [0.1, 0.15) is 0 Å². The van der Waals surface area contributed by atoms with Crippen molar-refractivity contribution in [1.29, 1.82) is 0 Å². The highest BCUT2D eigenvalue weighted by Gasteiger charge is 2.38. The molecule has 0 amide bonds. The van der Waals surface area contributed by atoms with Crippen molar-refractivity contribution in [1.82, 2.24) is 5.43 Å². The highest BCUT2D eigenvalue weighted by atomic mass is 16.5. The number of rotatable bonds is 7. The van der Waals surface area contributed by atoms with Crippen molar-refractivity contribution in [2.75, 3.05) is 7.11 Å². The van der Waals surface area contributed by atoms with Gasteiger partial charge in [-0.25, -0.2) is 0 Å². The fourth-order valence-corrected chi connectivity index (χ4v) is 2.27. The Balaban J connectivity index is 2.48. The third kappa shape index (κ3) is 2.94. The monoisotopic (exact) mass is 200 g/mol. The minimum atomic E-state index is 0.307. The molecule has 0 heterocycles. The van der Waals surface area contributed by atoms with Crippen molar-refractivity contribution < 1.29 is 4.74 Å². The minimum absolute atomic E-state index is 0.307. The predicted octanol–water partition coefficient (Wildman–Crippen LogP) is 1.68. The first-order chi connectivity index (χ1) is 6.74. The maximum Gasteiger partial charge on any atom is 0.0768 e. The smallest absolute Gasteiger partial charge is 0.0768 e. The van der Waals surface area contributed by atoms with Gasteiger partial charge < -0.3 is 4.74 Å². The maximum absolute atomic E-state index is 5.62. The lowest BCUT2D eigenvalue weighted by Gasteiger charge is -2.30. The summed E-state index contributed by atoms with van der Waals surface area (Å²) in [5, 5.41) is 0. The van der Waals surface area contributed by atoms with Crippen LogP contribution in [0.4, 0.5) is 0 Å². The van der Waals surface area contributed by atoms with Gasteiger partial charge in [0.2, 0.25) is 0 Å². The summed E-state index contributed by atoms with van der Waals surface area (Å²) in [7, 11) is 1.80. The highest BCUT2D eigenvalue weighted by molar-refractivity contribution is 4.91. The van der Waals surface area contributed by atoms with Gasteiger partial charge in [-0.05, 0) is 31.1 Å². The average molecular weight is 200 g/mol. The zero-order chi connectivity index (χ0) is 10.6. The first kappa shape index (κ1) is 12.0. The van der Waals surface area contributed by atoms with E-state index < -0.39 is 0 Å². The molecular weight excluding hydrogens is 176 g/mol. The molecule has 3 N–H and O–H groups in total. The van der Waals surface area contributed by atoms with Crippen LogP contribution in [0.25, 0.3) is 0 Å². The first-order valence-electron chi connectivity index (χ1n) is 5.73. The Morgan fingerprint density at radius 3 is 2.50 bits per heavy atom. The van der Waals surface area contributed by atoms with Crippen LogP contribution in [-0.4, -0.2) is 19.3 Å². The summed E-state index contributed by atoms with van der Waals surface area (Å²) in [4.78, 5) is 0. The number of hydrogen-bond acceptors (Lipinski definition) is 3. The normalized spacial score (nSPS) is 23.1. The minimum Gasteiger partial charge on any atom is -0.379 e. The summed E-state index contributed by atoms with van der Waals surface area (Å²) in [5.41, 5.74) is 2.93. The van der Waals surface area contributed by atoms with Gasteiger partial charge in [-0.3, -0.25) is 11.3 Å². The van der Waals surface area contributed by atoms with E-state index in [2.05, 4.69) is 19.3 Å². The van der Waals surface area contributed by atoms with Gasteiger partial charge in [-0.2, -0.15) is 0 Å². The van der Waals surface area contributed by atoms with E-state index in [0.29, 0.717) is 18.1 Å². The van der Waals surface area contributed by atoms with E-state index in [1.165, 1.54) is 25.7 Å². The van der Waals surface area contributed by atoms with Crippen molar-refractivity contribution in [3.05, 3.63) is 0 Å². The molecule has 0 radical (unpaired) electrons. The van der Waals surface area contributed by atoms with Crippen LogP contribution in [0.2, 0.25) is 0 Å². The highest BCUT2D eigenvalue weighted by Crippen LogP contribution is 2.37. The molecule has 0 spiro atoms. The summed E-state index contributed by atoms with van der Waals surface area (Å²) in [6, 6.07) is 0.312. The van der Waals surface area contributed by atoms with Gasteiger partial charge in [0, 0.05) is 7.11 Å². The van der Waals surface area contributed by atoms with Gasteiger partial charge in [-0.15, -0.1) is 0 Å². The second kappa shape index (κ2) is 5.69. The molecule has 1 aliphatic carbocycles. The van der Waals surface area contributed by atoms with E-state index in [9.17, 15) is 0 Å². The Labute approximate surface area is 87.4 Å². The number of hydrogen-bond donors (Lipinski definition) is 2. The van der Waals surface area contributed by atoms with Crippen molar-refractivity contribution in [2.45, 2.75) is 51.7 Å². The third-order valence-electron chi connectivity index (χ3n) is 3.26. The van der Waals surface area contributed by atoms with Crippen LogP contribution in [0, 0.1) is 11.8 Å². The van der Waals surface area contributed by atoms with Crippen LogP contribution in [0.1, 0.15) is 39.5 Å². The molecule has 3 unspecified atom stereocenters. The third-order valence-corrected chi connectivity index (χ3v) is 3.26. The molecule has 0 aromatic rings. The van der Waals surface area contributed by atoms with Crippen LogP contribution in [0.15, 0.2) is 0 Å². The zero-order valence-corrected chi connectivity index (χ0v) is 9.62. The van der Waals surface area contributed by atoms with E-state index >= 15 is 0 Å². The van der Waals surface area contributed by atoms with Crippen LogP contribution in [-0.2, 0) is 4.74 Å². The van der Waals surface area contributed by atoms with Crippen LogP contribution >= 0.6 is 0 Å². The fraction of sp³-hybridized carbons (Fsp3) is 1.00. The van der Waals surface area contributed by atoms with E-state index in [0.717, 1.165) is 5.92 Å². The van der Waals surface area contributed by atoms with E-state index in [1.807, 2.05) is 0 Å². The molecule has 0 aliphatic heterocycles. The molecule has 3 nitrogen and oxygen atoms in total. The molecular formula is C11H24N2O. The Morgan fingerprint density at radius 1 is 1.50 bits per heavy atom. The standard InChI is InChI=1S/C11H24N2O/c1-4-5-8(2)10(13-12)11(14-3)9-6-7-9/h8-11,13H,4-7,12H2,1-3H3. The molecule has 1 rings (SSSR count). The SMILES string of the molecule is CCCC(C)C(NN)C(OC)C1CC1. The predicted molar refractivity (Wildman–Crippen MR) is 58.7 cm³/mol. The molecule has 1 saturated carbocycles. The summed E-state index contributed by atoms with van der Waals surface area (Å²) in [5.74, 6) is 6.95. The van der Waals surface area contributed by atoms with Gasteiger partial charge in [0.25, 0.3) is 0 Å². The largest absolute Gasteiger partial charge is 0.379 e. The zero-order valence-electron chi connectivity index (χ0n) is 9.62. The van der Waals surface area contributed by atoms with Crippen molar-refractivity contribution in [2.24, 2.45) is 17.7 Å². The van der Waals surface area contributed by atoms with Gasteiger partial charge >= 0.3 is 0 Å². The van der Waals surface area contributed by atoms with Crippen molar-refractivity contribution >= 4 is 0 Å². The number of nitrogens with two attached hydrogens (primary N) is 1. The first-order valence-corrected chi connectivity index (χ1v) is 5.73. The van der Waals surface area contributed by atoms with Gasteiger partial charge in [-0.1, -0.05) is 20.3 Å². The Bertz CT molecular complexity index is 159. The van der Waals surface area contributed by atoms with Gasteiger partial charge in [0.05, 0.1) is 12.1 Å². The molecule has 1 fully saturated rings. The van der Waals surface area contributed by atoms with Crippen LogP contribution in [0.5, 0.6) is 0 Å². The number of hydrazine groups is 1. The Hall–Kier alpha value is -0.120. The fourth-order valence-electron chi connectivity index (χ4n) is 2.27. The quantitative estimate of drug-likeness (QED) is 0.485. The summed E-state index contributed by atoms with van der Waals surface area (Å²) in [6.07, 6.45) is 5.33. The van der Waals surface area contributed by atoms with E-state index in [1.54, 1.807) is 7.11 Å². The topological polar surface area (TPSA) is 47.3 Å². The molecule has 3 atom stereocenters. The molecule has 0 bridgehead atoms. The summed E-state index contributed by atoms with van der Waals surface area (Å²) in [6.45, 7) is 4.46. The van der Waals surface area contributed by atoms with Crippen molar-refractivity contribution in [3.63, 3.8) is 0 Å². The second-order valence-corrected chi connectivity index (χ2v) is 4.50. The maximum atomic E-state index is 5.62. The molecule has 3 heteroatoms. The van der Waals surface area contributed by atoms with E-state index in [-0.39, 0.29) is 0 Å². The van der Waals surface area contributed by atoms with Crippen LogP contribution < -0.4 is 11.3 Å². The molecule has 14 heavy (non-hydrogen) atoms. The average Bonchev–Trinajstić information content (AvgIpc) is 2.97. The molecule has 0 saturated heterocycles. The lowest BCUT2D eigenvalue weighted by Crippen LogP contribution is -2.49. The molecule has 0 aromatic carbocycles. The Kier molecular flexibility index (Phi) is 4.85.